The molecule has 1 aromatic carbocycles. The van der Waals surface area contributed by atoms with E-state index in [-0.39, 0.29) is 0 Å². The number of benzene rings is 1. The standard InChI is InChI=1S/C14H21N/c1-5-14-11(4)12-7-9(2)6-10(3)13(12)8-15-14/h6-7,11,14-15H,5,8H2,1-4H3. The second kappa shape index (κ2) is 3.97. The maximum absolute atomic E-state index is 3.64. The Bertz CT molecular complexity index is 368. The third-order valence-corrected chi connectivity index (χ3v) is 3.73. The van der Waals surface area contributed by atoms with Crippen molar-refractivity contribution in [3.8, 4) is 0 Å². The van der Waals surface area contributed by atoms with Gasteiger partial charge < -0.3 is 5.32 Å². The first-order chi connectivity index (χ1) is 7.13. The average Bonchev–Trinajstić information content (AvgIpc) is 2.19. The summed E-state index contributed by atoms with van der Waals surface area (Å²) in [6.45, 7) is 10.1. The van der Waals surface area contributed by atoms with Crippen molar-refractivity contribution in [2.45, 2.75) is 52.6 Å². The largest absolute Gasteiger partial charge is 0.309 e. The van der Waals surface area contributed by atoms with Crippen LogP contribution in [0.25, 0.3) is 0 Å². The van der Waals surface area contributed by atoms with Gasteiger partial charge in [0.1, 0.15) is 0 Å². The van der Waals surface area contributed by atoms with Crippen LogP contribution in [-0.2, 0) is 6.54 Å². The molecule has 0 radical (unpaired) electrons. The molecule has 0 fully saturated rings. The van der Waals surface area contributed by atoms with E-state index in [1.165, 1.54) is 23.1 Å². The number of hydrogen-bond donors (Lipinski definition) is 1. The summed E-state index contributed by atoms with van der Waals surface area (Å²) >= 11 is 0. The van der Waals surface area contributed by atoms with Crippen molar-refractivity contribution in [1.29, 1.82) is 0 Å². The zero-order valence-electron chi connectivity index (χ0n) is 10.2. The molecule has 1 heteroatoms. The molecule has 0 bridgehead atoms. The van der Waals surface area contributed by atoms with E-state index in [0.717, 1.165) is 6.54 Å². The van der Waals surface area contributed by atoms with Gasteiger partial charge in [-0.2, -0.15) is 0 Å². The van der Waals surface area contributed by atoms with Crippen LogP contribution < -0.4 is 5.32 Å². The Hall–Kier alpha value is -0.820. The van der Waals surface area contributed by atoms with E-state index in [2.05, 4.69) is 45.1 Å². The Kier molecular flexibility index (Phi) is 2.83. The van der Waals surface area contributed by atoms with E-state index >= 15 is 0 Å². The number of fused-ring (bicyclic) bond motifs is 1. The predicted octanol–water partition coefficient (Wildman–Crippen LogP) is 3.29. The van der Waals surface area contributed by atoms with Gasteiger partial charge in [0.25, 0.3) is 0 Å². The first kappa shape index (κ1) is 10.7. The van der Waals surface area contributed by atoms with Crippen molar-refractivity contribution in [3.63, 3.8) is 0 Å². The monoisotopic (exact) mass is 203 g/mol. The molecule has 15 heavy (non-hydrogen) atoms. The first-order valence-electron chi connectivity index (χ1n) is 5.97. The van der Waals surface area contributed by atoms with E-state index in [1.807, 2.05) is 0 Å². The lowest BCUT2D eigenvalue weighted by molar-refractivity contribution is 0.408. The Morgan fingerprint density at radius 1 is 1.33 bits per heavy atom. The van der Waals surface area contributed by atoms with Crippen LogP contribution in [0.3, 0.4) is 0 Å². The molecule has 82 valence electrons. The van der Waals surface area contributed by atoms with E-state index in [4.69, 9.17) is 0 Å². The molecule has 0 spiro atoms. The smallest absolute Gasteiger partial charge is 0.0213 e. The molecule has 1 nitrogen and oxygen atoms in total. The third-order valence-electron chi connectivity index (χ3n) is 3.73. The quantitative estimate of drug-likeness (QED) is 0.738. The lowest BCUT2D eigenvalue weighted by Crippen LogP contribution is -2.38. The highest BCUT2D eigenvalue weighted by atomic mass is 14.9. The summed E-state index contributed by atoms with van der Waals surface area (Å²) in [6, 6.07) is 5.31. The summed E-state index contributed by atoms with van der Waals surface area (Å²) in [5.41, 5.74) is 5.93. The molecule has 1 heterocycles. The SMILES string of the molecule is CCC1NCc2c(C)cc(C)cc2C1C. The molecule has 0 saturated carbocycles. The Morgan fingerprint density at radius 2 is 2.07 bits per heavy atom. The Morgan fingerprint density at radius 3 is 2.73 bits per heavy atom. The molecule has 2 unspecified atom stereocenters. The normalized spacial score (nSPS) is 25.1. The first-order valence-corrected chi connectivity index (χ1v) is 5.97. The van der Waals surface area contributed by atoms with Crippen molar-refractivity contribution in [2.24, 2.45) is 0 Å². The third kappa shape index (κ3) is 1.81. The van der Waals surface area contributed by atoms with Crippen LogP contribution in [0, 0.1) is 13.8 Å². The fraction of sp³-hybridized carbons (Fsp3) is 0.571. The van der Waals surface area contributed by atoms with Gasteiger partial charge in [0.15, 0.2) is 0 Å². The highest BCUT2D eigenvalue weighted by molar-refractivity contribution is 5.42. The molecule has 1 aliphatic heterocycles. The minimum atomic E-state index is 0.650. The topological polar surface area (TPSA) is 12.0 Å². The summed E-state index contributed by atoms with van der Waals surface area (Å²) in [5.74, 6) is 0.650. The van der Waals surface area contributed by atoms with Gasteiger partial charge in [-0.25, -0.2) is 0 Å². The Labute approximate surface area is 92.9 Å². The van der Waals surface area contributed by atoms with Gasteiger partial charge in [-0.3, -0.25) is 0 Å². The van der Waals surface area contributed by atoms with E-state index < -0.39 is 0 Å². The highest BCUT2D eigenvalue weighted by Gasteiger charge is 2.25. The minimum absolute atomic E-state index is 0.650. The van der Waals surface area contributed by atoms with E-state index in [1.54, 1.807) is 5.56 Å². The van der Waals surface area contributed by atoms with Crippen molar-refractivity contribution >= 4 is 0 Å². The zero-order chi connectivity index (χ0) is 11.0. The van der Waals surface area contributed by atoms with E-state index in [0.29, 0.717) is 12.0 Å². The molecule has 0 amide bonds. The number of nitrogens with one attached hydrogen (secondary N) is 1. The van der Waals surface area contributed by atoms with Gasteiger partial charge in [-0.05, 0) is 42.9 Å². The van der Waals surface area contributed by atoms with Crippen LogP contribution in [0.4, 0.5) is 0 Å². The summed E-state index contributed by atoms with van der Waals surface area (Å²) < 4.78 is 0. The lowest BCUT2D eigenvalue weighted by Gasteiger charge is -2.33. The average molecular weight is 203 g/mol. The van der Waals surface area contributed by atoms with Crippen molar-refractivity contribution in [1.82, 2.24) is 5.32 Å². The molecule has 1 aliphatic rings. The Balaban J connectivity index is 2.46. The molecular weight excluding hydrogens is 182 g/mol. The van der Waals surface area contributed by atoms with Gasteiger partial charge >= 0.3 is 0 Å². The molecule has 2 rings (SSSR count). The van der Waals surface area contributed by atoms with Crippen molar-refractivity contribution in [3.05, 3.63) is 34.4 Å². The summed E-state index contributed by atoms with van der Waals surface area (Å²) in [6.07, 6.45) is 1.22. The lowest BCUT2D eigenvalue weighted by atomic mass is 9.82. The van der Waals surface area contributed by atoms with Crippen LogP contribution in [0.2, 0.25) is 0 Å². The fourth-order valence-electron chi connectivity index (χ4n) is 2.80. The van der Waals surface area contributed by atoms with Gasteiger partial charge in [0.2, 0.25) is 0 Å². The molecule has 1 aromatic rings. The van der Waals surface area contributed by atoms with Crippen LogP contribution in [-0.4, -0.2) is 6.04 Å². The van der Waals surface area contributed by atoms with Crippen LogP contribution in [0.1, 0.15) is 48.4 Å². The summed E-state index contributed by atoms with van der Waals surface area (Å²) in [7, 11) is 0. The summed E-state index contributed by atoms with van der Waals surface area (Å²) in [5, 5.41) is 3.64. The van der Waals surface area contributed by atoms with Gasteiger partial charge in [-0.15, -0.1) is 0 Å². The predicted molar refractivity (Wildman–Crippen MR) is 65.2 cm³/mol. The number of aryl methyl sites for hydroxylation is 2. The maximum Gasteiger partial charge on any atom is 0.0213 e. The molecule has 0 aliphatic carbocycles. The fourth-order valence-corrected chi connectivity index (χ4v) is 2.80. The van der Waals surface area contributed by atoms with Crippen LogP contribution in [0.5, 0.6) is 0 Å². The van der Waals surface area contributed by atoms with Gasteiger partial charge in [0.05, 0.1) is 0 Å². The van der Waals surface area contributed by atoms with Crippen molar-refractivity contribution in [2.75, 3.05) is 0 Å². The maximum atomic E-state index is 3.64. The second-order valence-corrected chi connectivity index (χ2v) is 4.83. The van der Waals surface area contributed by atoms with Crippen molar-refractivity contribution < 1.29 is 0 Å². The molecule has 0 aromatic heterocycles. The highest BCUT2D eigenvalue weighted by Crippen LogP contribution is 2.31. The molecule has 0 saturated heterocycles. The number of hydrogen-bond acceptors (Lipinski definition) is 1. The zero-order valence-corrected chi connectivity index (χ0v) is 10.2. The minimum Gasteiger partial charge on any atom is -0.309 e. The van der Waals surface area contributed by atoms with E-state index in [9.17, 15) is 0 Å². The van der Waals surface area contributed by atoms with Crippen LogP contribution in [0.15, 0.2) is 12.1 Å². The molecule has 1 N–H and O–H groups in total. The second-order valence-electron chi connectivity index (χ2n) is 4.83. The van der Waals surface area contributed by atoms with Gasteiger partial charge in [-0.1, -0.05) is 31.5 Å². The summed E-state index contributed by atoms with van der Waals surface area (Å²) in [4.78, 5) is 0. The van der Waals surface area contributed by atoms with Gasteiger partial charge in [0, 0.05) is 12.6 Å². The molecular formula is C14H21N. The van der Waals surface area contributed by atoms with Crippen LogP contribution >= 0.6 is 0 Å². The number of rotatable bonds is 1. The molecule has 2 atom stereocenters.